The Balaban J connectivity index is 1.42. The van der Waals surface area contributed by atoms with Gasteiger partial charge in [-0.2, -0.15) is 0 Å². The van der Waals surface area contributed by atoms with Gasteiger partial charge in [0.1, 0.15) is 11.6 Å². The van der Waals surface area contributed by atoms with E-state index in [1.165, 1.54) is 18.2 Å². The van der Waals surface area contributed by atoms with Gasteiger partial charge in [-0.15, -0.1) is 0 Å². The normalized spacial score (nSPS) is 17.7. The molecule has 0 unspecified atom stereocenters. The molecule has 32 heavy (non-hydrogen) atoms. The van der Waals surface area contributed by atoms with Crippen molar-refractivity contribution >= 4 is 29.2 Å². The number of fused-ring (bicyclic) bond motifs is 1. The maximum atomic E-state index is 13.7. The number of piperidine rings is 1. The second kappa shape index (κ2) is 9.67. The topological polar surface area (TPSA) is 91.0 Å². The molecular weight excluding hydrogens is 415 g/mol. The van der Waals surface area contributed by atoms with E-state index in [1.807, 2.05) is 11.0 Å². The number of hydrogen-bond acceptors (Lipinski definition) is 5. The van der Waals surface area contributed by atoms with Gasteiger partial charge in [-0.05, 0) is 43.5 Å². The van der Waals surface area contributed by atoms with Gasteiger partial charge in [0.15, 0.2) is 6.10 Å². The highest BCUT2D eigenvalue weighted by Crippen LogP contribution is 2.33. The SMILES string of the molecule is O=C(CN1C[C@@H](C(=O)N2CCCCC2)Oc2ccccc21)NC(=O)Nc1ccccc1F. The molecule has 0 aromatic heterocycles. The molecule has 0 bridgehead atoms. The van der Waals surface area contributed by atoms with E-state index in [0.717, 1.165) is 19.3 Å². The minimum atomic E-state index is -0.831. The fourth-order valence-electron chi connectivity index (χ4n) is 3.96. The van der Waals surface area contributed by atoms with Gasteiger partial charge < -0.3 is 19.9 Å². The van der Waals surface area contributed by atoms with Crippen molar-refractivity contribution < 1.29 is 23.5 Å². The molecule has 1 saturated heterocycles. The molecule has 2 aromatic carbocycles. The summed E-state index contributed by atoms with van der Waals surface area (Å²) in [6, 6.07) is 12.0. The van der Waals surface area contributed by atoms with Crippen LogP contribution in [0.2, 0.25) is 0 Å². The summed E-state index contributed by atoms with van der Waals surface area (Å²) in [5.41, 5.74) is 0.640. The van der Waals surface area contributed by atoms with Gasteiger partial charge >= 0.3 is 6.03 Å². The van der Waals surface area contributed by atoms with Gasteiger partial charge in [-0.25, -0.2) is 9.18 Å². The summed E-state index contributed by atoms with van der Waals surface area (Å²) in [6.07, 6.45) is 2.32. The standard InChI is InChI=1S/C23H25FN4O4/c24-16-8-2-3-9-17(16)25-23(31)26-21(29)15-28-14-20(22(30)27-12-6-1-7-13-27)32-19-11-5-4-10-18(19)28/h2-5,8-11,20H,1,6-7,12-15H2,(H2,25,26,29,31)/t20-/m0/s1. The zero-order chi connectivity index (χ0) is 22.5. The largest absolute Gasteiger partial charge is 0.477 e. The van der Waals surface area contributed by atoms with Crippen molar-refractivity contribution in [1.29, 1.82) is 0 Å². The van der Waals surface area contributed by atoms with E-state index in [2.05, 4.69) is 10.6 Å². The van der Waals surface area contributed by atoms with Gasteiger partial charge in [0.2, 0.25) is 5.91 Å². The van der Waals surface area contributed by atoms with Crippen molar-refractivity contribution in [2.24, 2.45) is 0 Å². The minimum absolute atomic E-state index is 0.0262. The van der Waals surface area contributed by atoms with Crippen LogP contribution in [0.3, 0.4) is 0 Å². The molecule has 2 N–H and O–H groups in total. The van der Waals surface area contributed by atoms with E-state index in [0.29, 0.717) is 24.5 Å². The van der Waals surface area contributed by atoms with Crippen LogP contribution in [0.5, 0.6) is 5.75 Å². The summed E-state index contributed by atoms with van der Waals surface area (Å²) in [5, 5.41) is 4.53. The third kappa shape index (κ3) is 4.99. The zero-order valence-electron chi connectivity index (χ0n) is 17.6. The van der Waals surface area contributed by atoms with Crippen molar-refractivity contribution in [2.45, 2.75) is 25.4 Å². The molecule has 2 aromatic rings. The highest BCUT2D eigenvalue weighted by atomic mass is 19.1. The molecule has 0 radical (unpaired) electrons. The zero-order valence-corrected chi connectivity index (χ0v) is 17.6. The highest BCUT2D eigenvalue weighted by Gasteiger charge is 2.34. The van der Waals surface area contributed by atoms with Crippen molar-refractivity contribution in [1.82, 2.24) is 10.2 Å². The average Bonchev–Trinajstić information content (AvgIpc) is 2.80. The first-order chi connectivity index (χ1) is 15.5. The van der Waals surface area contributed by atoms with Gasteiger partial charge in [0, 0.05) is 13.1 Å². The Bertz CT molecular complexity index is 1010. The molecule has 2 aliphatic rings. The van der Waals surface area contributed by atoms with Gasteiger partial charge in [0.25, 0.3) is 5.91 Å². The van der Waals surface area contributed by atoms with E-state index in [1.54, 1.807) is 29.2 Å². The highest BCUT2D eigenvalue weighted by molar-refractivity contribution is 6.02. The van der Waals surface area contributed by atoms with Crippen LogP contribution >= 0.6 is 0 Å². The molecule has 1 fully saturated rings. The molecule has 4 amide bonds. The number of nitrogens with zero attached hydrogens (tertiary/aromatic N) is 2. The lowest BCUT2D eigenvalue weighted by atomic mass is 10.1. The molecule has 2 heterocycles. The van der Waals surface area contributed by atoms with Gasteiger partial charge in [-0.3, -0.25) is 14.9 Å². The number of likely N-dealkylation sites (tertiary alicyclic amines) is 1. The van der Waals surface area contributed by atoms with Gasteiger partial charge in [0.05, 0.1) is 24.5 Å². The number of urea groups is 1. The molecule has 9 heteroatoms. The first kappa shape index (κ1) is 21.6. The number of benzene rings is 2. The number of amides is 4. The van der Waals surface area contributed by atoms with E-state index < -0.39 is 23.9 Å². The van der Waals surface area contributed by atoms with Crippen LogP contribution < -0.4 is 20.3 Å². The van der Waals surface area contributed by atoms with E-state index in [9.17, 15) is 18.8 Å². The average molecular weight is 440 g/mol. The smallest absolute Gasteiger partial charge is 0.326 e. The lowest BCUT2D eigenvalue weighted by molar-refractivity contribution is -0.139. The van der Waals surface area contributed by atoms with Crippen molar-refractivity contribution in [3.8, 4) is 5.75 Å². The number of anilines is 2. The van der Waals surface area contributed by atoms with Crippen LogP contribution in [0.25, 0.3) is 0 Å². The molecule has 8 nitrogen and oxygen atoms in total. The van der Waals surface area contributed by atoms with E-state index in [4.69, 9.17) is 4.74 Å². The number of rotatable bonds is 4. The summed E-state index contributed by atoms with van der Waals surface area (Å²) in [5.74, 6) is -0.768. The maximum absolute atomic E-state index is 13.7. The fraction of sp³-hybridized carbons (Fsp3) is 0.348. The molecule has 1 atom stereocenters. The number of nitrogens with one attached hydrogen (secondary N) is 2. The fourth-order valence-corrected chi connectivity index (χ4v) is 3.96. The van der Waals surface area contributed by atoms with Crippen LogP contribution in [0.4, 0.5) is 20.6 Å². The molecule has 168 valence electrons. The summed E-state index contributed by atoms with van der Waals surface area (Å²) >= 11 is 0. The van der Waals surface area contributed by atoms with Crippen molar-refractivity contribution in [3.05, 3.63) is 54.3 Å². The number of para-hydroxylation sites is 3. The molecule has 0 aliphatic carbocycles. The van der Waals surface area contributed by atoms with Crippen molar-refractivity contribution in [3.63, 3.8) is 0 Å². The second-order valence-electron chi connectivity index (χ2n) is 7.82. The summed E-state index contributed by atoms with van der Waals surface area (Å²) in [7, 11) is 0. The van der Waals surface area contributed by atoms with Gasteiger partial charge in [-0.1, -0.05) is 24.3 Å². The summed E-state index contributed by atoms with van der Waals surface area (Å²) < 4.78 is 19.7. The maximum Gasteiger partial charge on any atom is 0.326 e. The molecular formula is C23H25FN4O4. The van der Waals surface area contributed by atoms with E-state index in [-0.39, 0.29) is 24.7 Å². The number of carbonyl (C=O) groups excluding carboxylic acids is 3. The molecule has 0 saturated carbocycles. The van der Waals surface area contributed by atoms with Crippen molar-refractivity contribution in [2.75, 3.05) is 36.4 Å². The van der Waals surface area contributed by atoms with E-state index >= 15 is 0 Å². The molecule has 4 rings (SSSR count). The Morgan fingerprint density at radius 2 is 1.72 bits per heavy atom. The van der Waals surface area contributed by atoms with Crippen LogP contribution in [-0.4, -0.2) is 55.0 Å². The number of halogens is 1. The molecule has 2 aliphatic heterocycles. The Kier molecular flexibility index (Phi) is 6.53. The van der Waals surface area contributed by atoms with Crippen LogP contribution in [-0.2, 0) is 9.59 Å². The molecule has 0 spiro atoms. The van der Waals surface area contributed by atoms with Crippen LogP contribution in [0, 0.1) is 5.82 Å². The number of carbonyl (C=O) groups is 3. The first-order valence-electron chi connectivity index (χ1n) is 10.7. The Hall–Kier alpha value is -3.62. The van der Waals surface area contributed by atoms with Crippen LogP contribution in [0.15, 0.2) is 48.5 Å². The number of hydrogen-bond donors (Lipinski definition) is 2. The first-order valence-corrected chi connectivity index (χ1v) is 10.7. The predicted molar refractivity (Wildman–Crippen MR) is 117 cm³/mol. The second-order valence-corrected chi connectivity index (χ2v) is 7.82. The van der Waals surface area contributed by atoms with Crippen LogP contribution in [0.1, 0.15) is 19.3 Å². The lowest BCUT2D eigenvalue weighted by Gasteiger charge is -2.38. The minimum Gasteiger partial charge on any atom is -0.477 e. The number of imide groups is 1. The Morgan fingerprint density at radius 3 is 2.50 bits per heavy atom. The Labute approximate surface area is 185 Å². The Morgan fingerprint density at radius 1 is 1.00 bits per heavy atom. The summed E-state index contributed by atoms with van der Waals surface area (Å²) in [6.45, 7) is 1.44. The third-order valence-electron chi connectivity index (χ3n) is 5.51. The predicted octanol–water partition coefficient (Wildman–Crippen LogP) is 2.75. The number of ether oxygens (including phenoxy) is 1. The lowest BCUT2D eigenvalue weighted by Crippen LogP contribution is -2.53. The monoisotopic (exact) mass is 440 g/mol. The summed E-state index contributed by atoms with van der Waals surface area (Å²) in [4.78, 5) is 41.2. The quantitative estimate of drug-likeness (QED) is 0.763. The third-order valence-corrected chi connectivity index (χ3v) is 5.51.